The van der Waals surface area contributed by atoms with Crippen molar-refractivity contribution in [1.82, 2.24) is 15.2 Å². The highest BCUT2D eigenvalue weighted by Gasteiger charge is 2.25. The van der Waals surface area contributed by atoms with Gasteiger partial charge in [-0.05, 0) is 31.4 Å². The molecule has 0 fully saturated rings. The van der Waals surface area contributed by atoms with Gasteiger partial charge < -0.3 is 4.74 Å². The summed E-state index contributed by atoms with van der Waals surface area (Å²) in [5.41, 5.74) is 6.30. The SMILES string of the molecule is CCc1ccccc1C(NN)c1c(OC)cnn1C(C)C. The molecule has 1 aromatic carbocycles. The van der Waals surface area contributed by atoms with Crippen LogP contribution in [0.3, 0.4) is 0 Å². The number of hydrazine groups is 1. The molecule has 5 nitrogen and oxygen atoms in total. The number of hydrogen-bond acceptors (Lipinski definition) is 4. The largest absolute Gasteiger partial charge is 0.493 e. The summed E-state index contributed by atoms with van der Waals surface area (Å²) >= 11 is 0. The van der Waals surface area contributed by atoms with E-state index in [0.29, 0.717) is 0 Å². The molecule has 0 aliphatic rings. The number of nitrogens with two attached hydrogens (primary N) is 1. The van der Waals surface area contributed by atoms with E-state index in [1.807, 2.05) is 16.8 Å². The van der Waals surface area contributed by atoms with Gasteiger partial charge in [0.15, 0.2) is 5.75 Å². The molecule has 0 radical (unpaired) electrons. The number of hydrogen-bond donors (Lipinski definition) is 2. The Hall–Kier alpha value is -1.85. The van der Waals surface area contributed by atoms with Crippen LogP contribution in [0.2, 0.25) is 0 Å². The number of methoxy groups -OCH3 is 1. The van der Waals surface area contributed by atoms with Crippen LogP contribution < -0.4 is 16.0 Å². The predicted molar refractivity (Wildman–Crippen MR) is 84.2 cm³/mol. The van der Waals surface area contributed by atoms with Gasteiger partial charge in [-0.25, -0.2) is 5.43 Å². The van der Waals surface area contributed by atoms with Crippen molar-refractivity contribution in [3.05, 3.63) is 47.3 Å². The van der Waals surface area contributed by atoms with E-state index in [4.69, 9.17) is 10.6 Å². The Kier molecular flexibility index (Phi) is 4.98. The molecular weight excluding hydrogens is 264 g/mol. The van der Waals surface area contributed by atoms with E-state index in [2.05, 4.69) is 43.4 Å². The van der Waals surface area contributed by atoms with Crippen molar-refractivity contribution in [2.75, 3.05) is 7.11 Å². The maximum absolute atomic E-state index is 5.87. The molecule has 0 spiro atoms. The maximum atomic E-state index is 5.87. The smallest absolute Gasteiger partial charge is 0.161 e. The predicted octanol–water partition coefficient (Wildman–Crippen LogP) is 2.59. The summed E-state index contributed by atoms with van der Waals surface area (Å²) in [5, 5.41) is 4.43. The van der Waals surface area contributed by atoms with Gasteiger partial charge in [-0.2, -0.15) is 5.10 Å². The van der Waals surface area contributed by atoms with Gasteiger partial charge in [0.1, 0.15) is 5.69 Å². The molecule has 2 aromatic rings. The molecule has 21 heavy (non-hydrogen) atoms. The molecule has 1 heterocycles. The van der Waals surface area contributed by atoms with Gasteiger partial charge in [-0.3, -0.25) is 10.5 Å². The normalized spacial score (nSPS) is 12.7. The second kappa shape index (κ2) is 6.74. The van der Waals surface area contributed by atoms with Crippen LogP contribution in [0.4, 0.5) is 0 Å². The van der Waals surface area contributed by atoms with Crippen LogP contribution in [0, 0.1) is 0 Å². The lowest BCUT2D eigenvalue weighted by atomic mass is 9.96. The molecule has 0 saturated carbocycles. The molecular formula is C16H24N4O. The van der Waals surface area contributed by atoms with E-state index in [1.165, 1.54) is 5.56 Å². The molecule has 1 atom stereocenters. The number of nitrogens with one attached hydrogen (secondary N) is 1. The minimum atomic E-state index is -0.152. The molecule has 0 amide bonds. The van der Waals surface area contributed by atoms with Crippen LogP contribution >= 0.6 is 0 Å². The van der Waals surface area contributed by atoms with E-state index < -0.39 is 0 Å². The number of rotatable bonds is 6. The van der Waals surface area contributed by atoms with Crippen molar-refractivity contribution in [2.24, 2.45) is 5.84 Å². The Labute approximate surface area is 126 Å². The highest BCUT2D eigenvalue weighted by atomic mass is 16.5. The molecule has 3 N–H and O–H groups in total. The van der Waals surface area contributed by atoms with Gasteiger partial charge in [0.25, 0.3) is 0 Å². The number of benzene rings is 1. The molecule has 2 rings (SSSR count). The van der Waals surface area contributed by atoms with Crippen LogP contribution in [0.1, 0.15) is 49.7 Å². The van der Waals surface area contributed by atoms with Gasteiger partial charge in [-0.1, -0.05) is 31.2 Å². The first-order chi connectivity index (χ1) is 10.1. The number of nitrogens with zero attached hydrogens (tertiary/aromatic N) is 2. The summed E-state index contributed by atoms with van der Waals surface area (Å²) in [7, 11) is 1.66. The van der Waals surface area contributed by atoms with Gasteiger partial charge in [0.2, 0.25) is 0 Å². The van der Waals surface area contributed by atoms with Crippen molar-refractivity contribution in [1.29, 1.82) is 0 Å². The zero-order valence-corrected chi connectivity index (χ0v) is 13.1. The van der Waals surface area contributed by atoms with Crippen LogP contribution in [0.5, 0.6) is 5.75 Å². The third kappa shape index (κ3) is 2.94. The van der Waals surface area contributed by atoms with Crippen molar-refractivity contribution < 1.29 is 4.74 Å². The van der Waals surface area contributed by atoms with E-state index in [1.54, 1.807) is 13.3 Å². The summed E-state index contributed by atoms with van der Waals surface area (Å²) < 4.78 is 7.43. The summed E-state index contributed by atoms with van der Waals surface area (Å²) in [5.74, 6) is 6.61. The maximum Gasteiger partial charge on any atom is 0.161 e. The lowest BCUT2D eigenvalue weighted by Gasteiger charge is -2.23. The molecule has 114 valence electrons. The minimum Gasteiger partial charge on any atom is -0.493 e. The summed E-state index contributed by atoms with van der Waals surface area (Å²) in [4.78, 5) is 0. The monoisotopic (exact) mass is 288 g/mol. The van der Waals surface area contributed by atoms with Gasteiger partial charge >= 0.3 is 0 Å². The average molecular weight is 288 g/mol. The first-order valence-electron chi connectivity index (χ1n) is 7.29. The second-order valence-electron chi connectivity index (χ2n) is 5.29. The number of ether oxygens (including phenoxy) is 1. The van der Waals surface area contributed by atoms with Gasteiger partial charge in [-0.15, -0.1) is 0 Å². The Balaban J connectivity index is 2.58. The Morgan fingerprint density at radius 1 is 1.33 bits per heavy atom. The first kappa shape index (κ1) is 15.5. The van der Waals surface area contributed by atoms with Crippen molar-refractivity contribution in [3.63, 3.8) is 0 Å². The number of aryl methyl sites for hydroxylation is 1. The molecule has 1 aromatic heterocycles. The first-order valence-corrected chi connectivity index (χ1v) is 7.29. The summed E-state index contributed by atoms with van der Waals surface area (Å²) in [6.07, 6.45) is 2.70. The molecule has 0 aliphatic heterocycles. The molecule has 0 saturated heterocycles. The van der Waals surface area contributed by atoms with Crippen LogP contribution in [0.15, 0.2) is 30.5 Å². The fourth-order valence-electron chi connectivity index (χ4n) is 2.65. The second-order valence-corrected chi connectivity index (χ2v) is 5.29. The Bertz CT molecular complexity index is 592. The molecule has 5 heteroatoms. The summed E-state index contributed by atoms with van der Waals surface area (Å²) in [6, 6.07) is 8.38. The quantitative estimate of drug-likeness (QED) is 0.633. The van der Waals surface area contributed by atoms with Gasteiger partial charge in [0.05, 0.1) is 19.3 Å². The van der Waals surface area contributed by atoms with E-state index >= 15 is 0 Å². The van der Waals surface area contributed by atoms with Crippen molar-refractivity contribution in [2.45, 2.75) is 39.3 Å². The zero-order valence-electron chi connectivity index (χ0n) is 13.1. The van der Waals surface area contributed by atoms with Crippen LogP contribution in [0.25, 0.3) is 0 Å². The standard InChI is InChI=1S/C16H24N4O/c1-5-12-8-6-7-9-13(12)15(19-17)16-14(21-4)10-18-20(16)11(2)3/h6-11,15,19H,5,17H2,1-4H3. The zero-order chi connectivity index (χ0) is 15.4. The van der Waals surface area contributed by atoms with Crippen LogP contribution in [-0.2, 0) is 6.42 Å². The molecule has 0 bridgehead atoms. The molecule has 0 aliphatic carbocycles. The van der Waals surface area contributed by atoms with E-state index in [9.17, 15) is 0 Å². The Morgan fingerprint density at radius 2 is 2.05 bits per heavy atom. The topological polar surface area (TPSA) is 65.1 Å². The summed E-state index contributed by atoms with van der Waals surface area (Å²) in [6.45, 7) is 6.33. The third-order valence-corrected chi connectivity index (χ3v) is 3.69. The average Bonchev–Trinajstić information content (AvgIpc) is 2.92. The minimum absolute atomic E-state index is 0.152. The fraction of sp³-hybridized carbons (Fsp3) is 0.438. The highest BCUT2D eigenvalue weighted by molar-refractivity contribution is 5.40. The lowest BCUT2D eigenvalue weighted by Crippen LogP contribution is -2.32. The third-order valence-electron chi connectivity index (χ3n) is 3.69. The van der Waals surface area contributed by atoms with Crippen LogP contribution in [-0.4, -0.2) is 16.9 Å². The fourth-order valence-corrected chi connectivity index (χ4v) is 2.65. The Morgan fingerprint density at radius 3 is 2.62 bits per heavy atom. The van der Waals surface area contributed by atoms with E-state index in [0.717, 1.165) is 23.4 Å². The van der Waals surface area contributed by atoms with Crippen molar-refractivity contribution in [3.8, 4) is 5.75 Å². The van der Waals surface area contributed by atoms with Crippen molar-refractivity contribution >= 4 is 0 Å². The number of aromatic nitrogens is 2. The lowest BCUT2D eigenvalue weighted by molar-refractivity contribution is 0.394. The highest BCUT2D eigenvalue weighted by Crippen LogP contribution is 2.32. The van der Waals surface area contributed by atoms with E-state index in [-0.39, 0.29) is 12.1 Å². The van der Waals surface area contributed by atoms with Gasteiger partial charge in [0, 0.05) is 6.04 Å². The molecule has 1 unspecified atom stereocenters.